The standard InChI is InChI=1S/C19H26N4O2/c24-17(16-4-1-2-5-16)22-10-3-8-19(13-22,23-11-9-20-14-23)18(25)21-12-15-6-7-15/h1-2,9,11,14-16H,3-8,10,12-13H2,(H,21,25). The zero-order valence-corrected chi connectivity index (χ0v) is 14.6. The van der Waals surface area contributed by atoms with Crippen molar-refractivity contribution in [3.8, 4) is 0 Å². The van der Waals surface area contributed by atoms with E-state index in [2.05, 4.69) is 22.5 Å². The number of hydrogen-bond donors (Lipinski definition) is 1. The summed E-state index contributed by atoms with van der Waals surface area (Å²) >= 11 is 0. The fourth-order valence-electron chi connectivity index (χ4n) is 4.05. The third kappa shape index (κ3) is 3.22. The maximum Gasteiger partial charge on any atom is 0.248 e. The topological polar surface area (TPSA) is 67.2 Å². The highest BCUT2D eigenvalue weighted by molar-refractivity contribution is 5.87. The second-order valence-corrected chi connectivity index (χ2v) is 7.66. The van der Waals surface area contributed by atoms with E-state index in [9.17, 15) is 9.59 Å². The van der Waals surface area contributed by atoms with E-state index in [-0.39, 0.29) is 17.7 Å². The zero-order chi connectivity index (χ0) is 17.3. The van der Waals surface area contributed by atoms with Crippen LogP contribution in [0.3, 0.4) is 0 Å². The van der Waals surface area contributed by atoms with Gasteiger partial charge in [0.2, 0.25) is 11.8 Å². The van der Waals surface area contributed by atoms with Crippen molar-refractivity contribution in [3.63, 3.8) is 0 Å². The summed E-state index contributed by atoms with van der Waals surface area (Å²) < 4.78 is 1.90. The van der Waals surface area contributed by atoms with Crippen molar-refractivity contribution < 1.29 is 9.59 Å². The van der Waals surface area contributed by atoms with Crippen molar-refractivity contribution in [2.24, 2.45) is 11.8 Å². The molecule has 25 heavy (non-hydrogen) atoms. The van der Waals surface area contributed by atoms with Crippen molar-refractivity contribution in [2.75, 3.05) is 19.6 Å². The molecule has 6 nitrogen and oxygen atoms in total. The molecule has 6 heteroatoms. The summed E-state index contributed by atoms with van der Waals surface area (Å²) in [6.45, 7) is 1.92. The molecule has 1 saturated carbocycles. The Morgan fingerprint density at radius 2 is 2.04 bits per heavy atom. The Kier molecular flexibility index (Phi) is 4.36. The number of amides is 2. The van der Waals surface area contributed by atoms with Crippen LogP contribution in [0.1, 0.15) is 38.5 Å². The molecule has 2 fully saturated rings. The van der Waals surface area contributed by atoms with Gasteiger partial charge in [-0.25, -0.2) is 4.98 Å². The Hall–Kier alpha value is -2.11. The van der Waals surface area contributed by atoms with Crippen LogP contribution in [0.2, 0.25) is 0 Å². The Bertz CT molecular complexity index is 657. The lowest BCUT2D eigenvalue weighted by Crippen LogP contribution is -2.59. The first-order chi connectivity index (χ1) is 12.2. The van der Waals surface area contributed by atoms with Gasteiger partial charge in [0.05, 0.1) is 12.9 Å². The van der Waals surface area contributed by atoms with Crippen molar-refractivity contribution in [2.45, 2.75) is 44.1 Å². The van der Waals surface area contributed by atoms with Gasteiger partial charge >= 0.3 is 0 Å². The lowest BCUT2D eigenvalue weighted by molar-refractivity contribution is -0.143. The maximum atomic E-state index is 13.1. The van der Waals surface area contributed by atoms with Crippen LogP contribution in [-0.2, 0) is 15.1 Å². The molecule has 0 bridgehead atoms. The van der Waals surface area contributed by atoms with E-state index >= 15 is 0 Å². The molecule has 1 atom stereocenters. The summed E-state index contributed by atoms with van der Waals surface area (Å²) in [7, 11) is 0. The molecule has 1 unspecified atom stereocenters. The zero-order valence-electron chi connectivity index (χ0n) is 14.6. The van der Waals surface area contributed by atoms with E-state index in [1.165, 1.54) is 12.8 Å². The minimum Gasteiger partial charge on any atom is -0.354 e. The molecule has 134 valence electrons. The van der Waals surface area contributed by atoms with Crippen LogP contribution in [0.25, 0.3) is 0 Å². The number of allylic oxidation sites excluding steroid dienone is 2. The average molecular weight is 342 g/mol. The van der Waals surface area contributed by atoms with Gasteiger partial charge in [-0.1, -0.05) is 12.2 Å². The van der Waals surface area contributed by atoms with Gasteiger partial charge in [0, 0.05) is 31.4 Å². The number of carbonyl (C=O) groups is 2. The molecule has 2 amide bonds. The molecule has 1 N–H and O–H groups in total. The van der Waals surface area contributed by atoms with Crippen LogP contribution in [0.4, 0.5) is 0 Å². The molecule has 1 aliphatic heterocycles. The lowest BCUT2D eigenvalue weighted by atomic mass is 9.86. The van der Waals surface area contributed by atoms with Gasteiger partial charge in [-0.2, -0.15) is 0 Å². The molecule has 0 aromatic carbocycles. The van der Waals surface area contributed by atoms with Gasteiger partial charge in [-0.15, -0.1) is 0 Å². The quantitative estimate of drug-likeness (QED) is 0.828. The first kappa shape index (κ1) is 16.4. The number of hydrogen-bond acceptors (Lipinski definition) is 3. The Morgan fingerprint density at radius 3 is 2.72 bits per heavy atom. The third-order valence-corrected chi connectivity index (χ3v) is 5.81. The number of nitrogens with one attached hydrogen (secondary N) is 1. The van der Waals surface area contributed by atoms with Gasteiger partial charge < -0.3 is 14.8 Å². The fraction of sp³-hybridized carbons (Fsp3) is 0.632. The summed E-state index contributed by atoms with van der Waals surface area (Å²) in [5, 5.41) is 3.13. The molecule has 0 spiro atoms. The second kappa shape index (κ2) is 6.65. The van der Waals surface area contributed by atoms with Crippen LogP contribution in [0.15, 0.2) is 30.9 Å². The second-order valence-electron chi connectivity index (χ2n) is 7.66. The molecular weight excluding hydrogens is 316 g/mol. The molecule has 2 heterocycles. The minimum absolute atomic E-state index is 0.0273. The number of piperidine rings is 1. The van der Waals surface area contributed by atoms with Crippen molar-refractivity contribution >= 4 is 11.8 Å². The Labute approximate surface area is 148 Å². The minimum atomic E-state index is -0.731. The van der Waals surface area contributed by atoms with Crippen LogP contribution in [0.5, 0.6) is 0 Å². The van der Waals surface area contributed by atoms with Gasteiger partial charge in [-0.3, -0.25) is 9.59 Å². The highest BCUT2D eigenvalue weighted by Gasteiger charge is 2.46. The number of aromatic nitrogens is 2. The molecule has 2 aliphatic carbocycles. The normalized spacial score (nSPS) is 26.8. The molecule has 4 rings (SSSR count). The highest BCUT2D eigenvalue weighted by atomic mass is 16.2. The van der Waals surface area contributed by atoms with Gasteiger partial charge in [0.15, 0.2) is 0 Å². The van der Waals surface area contributed by atoms with E-state index in [0.29, 0.717) is 12.5 Å². The molecule has 0 radical (unpaired) electrons. The van der Waals surface area contributed by atoms with Crippen LogP contribution < -0.4 is 5.32 Å². The van der Waals surface area contributed by atoms with Crippen LogP contribution >= 0.6 is 0 Å². The number of nitrogens with zero attached hydrogens (tertiary/aromatic N) is 3. The molecule has 1 saturated heterocycles. The maximum absolute atomic E-state index is 13.1. The summed E-state index contributed by atoms with van der Waals surface area (Å²) in [5.41, 5.74) is -0.731. The van der Waals surface area contributed by atoms with Crippen molar-refractivity contribution in [1.82, 2.24) is 19.8 Å². The first-order valence-corrected chi connectivity index (χ1v) is 9.39. The van der Waals surface area contributed by atoms with Crippen LogP contribution in [0, 0.1) is 11.8 Å². The number of carbonyl (C=O) groups excluding carboxylic acids is 2. The molecule has 3 aliphatic rings. The van der Waals surface area contributed by atoms with E-state index < -0.39 is 5.54 Å². The van der Waals surface area contributed by atoms with E-state index in [0.717, 1.165) is 38.8 Å². The predicted molar refractivity (Wildman–Crippen MR) is 93.6 cm³/mol. The van der Waals surface area contributed by atoms with Gasteiger partial charge in [0.25, 0.3) is 0 Å². The SMILES string of the molecule is O=C(C1CC=CC1)N1CCCC(C(=O)NCC2CC2)(n2ccnc2)C1. The summed E-state index contributed by atoms with van der Waals surface area (Å²) in [6, 6.07) is 0. The Balaban J connectivity index is 1.54. The van der Waals surface area contributed by atoms with E-state index in [4.69, 9.17) is 0 Å². The summed E-state index contributed by atoms with van der Waals surface area (Å²) in [5.74, 6) is 0.895. The highest BCUT2D eigenvalue weighted by Crippen LogP contribution is 2.33. The van der Waals surface area contributed by atoms with E-state index in [1.54, 1.807) is 12.5 Å². The first-order valence-electron chi connectivity index (χ1n) is 9.39. The predicted octanol–water partition coefficient (Wildman–Crippen LogP) is 1.69. The molecule has 1 aromatic heterocycles. The number of rotatable bonds is 5. The van der Waals surface area contributed by atoms with Gasteiger partial charge in [0.1, 0.15) is 5.54 Å². The number of likely N-dealkylation sites (tertiary alicyclic amines) is 1. The summed E-state index contributed by atoms with van der Waals surface area (Å²) in [6.07, 6.45) is 15.1. The average Bonchev–Trinajstić information content (AvgIpc) is 3.09. The fourth-order valence-corrected chi connectivity index (χ4v) is 4.05. The third-order valence-electron chi connectivity index (χ3n) is 5.81. The lowest BCUT2D eigenvalue weighted by Gasteiger charge is -2.43. The Morgan fingerprint density at radius 1 is 1.24 bits per heavy atom. The molecular formula is C19H26N4O2. The smallest absolute Gasteiger partial charge is 0.248 e. The monoisotopic (exact) mass is 342 g/mol. The van der Waals surface area contributed by atoms with Crippen molar-refractivity contribution in [3.05, 3.63) is 30.9 Å². The largest absolute Gasteiger partial charge is 0.354 e. The molecule has 1 aromatic rings. The summed E-state index contributed by atoms with van der Waals surface area (Å²) in [4.78, 5) is 32.1. The van der Waals surface area contributed by atoms with Crippen LogP contribution in [-0.4, -0.2) is 45.9 Å². The van der Waals surface area contributed by atoms with E-state index in [1.807, 2.05) is 15.7 Å². The van der Waals surface area contributed by atoms with Gasteiger partial charge in [-0.05, 0) is 44.4 Å². The van der Waals surface area contributed by atoms with Crippen molar-refractivity contribution in [1.29, 1.82) is 0 Å². The number of imidazole rings is 1.